The number of carbonyl (C=O) groups excluding carboxylic acids is 2. The molecule has 0 atom stereocenters. The number of aromatic hydroxyl groups is 1. The molecular weight excluding hydrogens is 422 g/mol. The molecule has 4 nitrogen and oxygen atoms in total. The second kappa shape index (κ2) is 20.5. The molecule has 0 saturated carbocycles. The predicted octanol–water partition coefficient (Wildman–Crippen LogP) is 7.39. The number of Topliss-reactive ketones (excluding diaryl/α,β-unsaturated/α-hetero) is 1. The first-order valence-electron chi connectivity index (χ1n) is 12.5. The number of benzene rings is 1. The van der Waals surface area contributed by atoms with Gasteiger partial charge in [-0.1, -0.05) is 79.8 Å². The third-order valence-electron chi connectivity index (χ3n) is 5.05. The van der Waals surface area contributed by atoms with Gasteiger partial charge in [0.25, 0.3) is 5.91 Å². The van der Waals surface area contributed by atoms with Crippen LogP contribution in [0.4, 0.5) is 0 Å². The molecule has 4 heteroatoms. The zero-order valence-electron chi connectivity index (χ0n) is 20.6. The fraction of sp³-hybridized carbons (Fsp3) is 0.400. The Morgan fingerprint density at radius 1 is 0.765 bits per heavy atom. The molecule has 0 radical (unpaired) electrons. The predicted molar refractivity (Wildman–Crippen MR) is 143 cm³/mol. The lowest BCUT2D eigenvalue weighted by Crippen LogP contribution is -2.24. The molecule has 1 aromatic rings. The van der Waals surface area contributed by atoms with Crippen molar-refractivity contribution in [1.82, 2.24) is 5.32 Å². The smallest absolute Gasteiger partial charge is 0.255 e. The molecule has 0 heterocycles. The monoisotopic (exact) mass is 463 g/mol. The average Bonchev–Trinajstić information content (AvgIpc) is 2.84. The van der Waals surface area contributed by atoms with E-state index in [4.69, 9.17) is 0 Å². The highest BCUT2D eigenvalue weighted by atomic mass is 16.3. The zero-order valence-corrected chi connectivity index (χ0v) is 20.6. The summed E-state index contributed by atoms with van der Waals surface area (Å²) in [6, 6.07) is 6.43. The molecule has 1 rings (SSSR count). The van der Waals surface area contributed by atoms with E-state index in [-0.39, 0.29) is 23.0 Å². The maximum absolute atomic E-state index is 12.0. The summed E-state index contributed by atoms with van der Waals surface area (Å²) >= 11 is 0. The van der Waals surface area contributed by atoms with Gasteiger partial charge in [-0.25, -0.2) is 0 Å². The third kappa shape index (κ3) is 15.6. The molecule has 184 valence electrons. The Labute approximate surface area is 205 Å². The molecule has 2 N–H and O–H groups in total. The minimum Gasteiger partial charge on any atom is -0.507 e. The fourth-order valence-corrected chi connectivity index (χ4v) is 3.16. The normalized spacial score (nSPS) is 12.1. The summed E-state index contributed by atoms with van der Waals surface area (Å²) in [5.41, 5.74) is 0.255. The number of hydrogen-bond acceptors (Lipinski definition) is 3. The minimum absolute atomic E-state index is 0.0360. The van der Waals surface area contributed by atoms with Crippen molar-refractivity contribution in [2.45, 2.75) is 71.1 Å². The quantitative estimate of drug-likeness (QED) is 0.176. The van der Waals surface area contributed by atoms with Crippen molar-refractivity contribution in [2.75, 3.05) is 6.54 Å². The molecule has 0 fully saturated rings. The number of carbonyl (C=O) groups is 2. The third-order valence-corrected chi connectivity index (χ3v) is 5.05. The molecule has 0 bridgehead atoms. The number of allylic oxidation sites excluding steroid dienone is 10. The van der Waals surface area contributed by atoms with Crippen molar-refractivity contribution < 1.29 is 14.7 Å². The van der Waals surface area contributed by atoms with Crippen LogP contribution in [-0.2, 0) is 4.79 Å². The van der Waals surface area contributed by atoms with E-state index in [9.17, 15) is 14.7 Å². The summed E-state index contributed by atoms with van der Waals surface area (Å²) in [5, 5.41) is 12.4. The molecule has 34 heavy (non-hydrogen) atoms. The largest absolute Gasteiger partial charge is 0.507 e. The van der Waals surface area contributed by atoms with E-state index >= 15 is 0 Å². The van der Waals surface area contributed by atoms with Crippen LogP contribution in [0.1, 0.15) is 81.5 Å². The summed E-state index contributed by atoms with van der Waals surface area (Å²) in [6.07, 6.45) is 30.2. The van der Waals surface area contributed by atoms with E-state index in [2.05, 4.69) is 73.0 Å². The molecule has 0 unspecified atom stereocenters. The van der Waals surface area contributed by atoms with Crippen molar-refractivity contribution in [2.24, 2.45) is 0 Å². The Balaban J connectivity index is 1.98. The number of ketones is 1. The number of nitrogens with one attached hydrogen (secondary N) is 1. The lowest BCUT2D eigenvalue weighted by atomic mass is 10.1. The molecule has 0 aliphatic rings. The lowest BCUT2D eigenvalue weighted by molar-refractivity contribution is -0.119. The van der Waals surface area contributed by atoms with Gasteiger partial charge in [0.1, 0.15) is 11.5 Å². The van der Waals surface area contributed by atoms with E-state index in [1.165, 1.54) is 6.07 Å². The van der Waals surface area contributed by atoms with Crippen molar-refractivity contribution in [3.63, 3.8) is 0 Å². The molecule has 0 saturated heterocycles. The number of rotatable bonds is 18. The van der Waals surface area contributed by atoms with Crippen LogP contribution in [0.5, 0.6) is 5.75 Å². The van der Waals surface area contributed by atoms with Gasteiger partial charge in [-0.2, -0.15) is 0 Å². The van der Waals surface area contributed by atoms with Gasteiger partial charge in [0.05, 0.1) is 5.56 Å². The Morgan fingerprint density at radius 2 is 1.29 bits per heavy atom. The zero-order chi connectivity index (χ0) is 24.7. The average molecular weight is 464 g/mol. The highest BCUT2D eigenvalue weighted by molar-refractivity contribution is 5.96. The first-order valence-corrected chi connectivity index (χ1v) is 12.5. The van der Waals surface area contributed by atoms with Crippen LogP contribution < -0.4 is 5.32 Å². The van der Waals surface area contributed by atoms with Crippen molar-refractivity contribution in [1.29, 1.82) is 0 Å². The SMILES string of the molecule is CC/C=C\C/C=C\C/C=C\C/C=C\C/C=C\CCCC(=O)CCCNC(=O)c1ccccc1O. The molecule has 0 aliphatic heterocycles. The van der Waals surface area contributed by atoms with Crippen LogP contribution in [0, 0.1) is 0 Å². The van der Waals surface area contributed by atoms with Crippen molar-refractivity contribution in [3.8, 4) is 5.75 Å². The maximum atomic E-state index is 12.0. The maximum Gasteiger partial charge on any atom is 0.255 e. The van der Waals surface area contributed by atoms with Crippen LogP contribution in [0.2, 0.25) is 0 Å². The number of para-hydroxylation sites is 1. The van der Waals surface area contributed by atoms with Gasteiger partial charge in [0.15, 0.2) is 0 Å². The van der Waals surface area contributed by atoms with Gasteiger partial charge in [-0.3, -0.25) is 9.59 Å². The molecule has 0 spiro atoms. The topological polar surface area (TPSA) is 66.4 Å². The van der Waals surface area contributed by atoms with Crippen LogP contribution in [0.15, 0.2) is 85.0 Å². The molecule has 0 aliphatic carbocycles. The Morgan fingerprint density at radius 3 is 1.88 bits per heavy atom. The van der Waals surface area contributed by atoms with Crippen molar-refractivity contribution in [3.05, 3.63) is 90.6 Å². The van der Waals surface area contributed by atoms with Gasteiger partial charge in [-0.05, 0) is 63.5 Å². The van der Waals surface area contributed by atoms with E-state index in [1.54, 1.807) is 18.2 Å². The summed E-state index contributed by atoms with van der Waals surface area (Å²) in [6.45, 7) is 2.57. The number of hydrogen-bond donors (Lipinski definition) is 2. The van der Waals surface area contributed by atoms with Crippen LogP contribution >= 0.6 is 0 Å². The summed E-state index contributed by atoms with van der Waals surface area (Å²) in [7, 11) is 0. The molecule has 1 aromatic carbocycles. The second-order valence-electron chi connectivity index (χ2n) is 8.02. The van der Waals surface area contributed by atoms with Gasteiger partial charge < -0.3 is 10.4 Å². The molecule has 0 aromatic heterocycles. The van der Waals surface area contributed by atoms with Crippen molar-refractivity contribution >= 4 is 11.7 Å². The Hall–Kier alpha value is -3.14. The minimum atomic E-state index is -0.316. The Kier molecular flexibility index (Phi) is 17.4. The van der Waals surface area contributed by atoms with Crippen LogP contribution in [0.25, 0.3) is 0 Å². The Bertz CT molecular complexity index is 846. The van der Waals surface area contributed by atoms with Gasteiger partial charge in [0, 0.05) is 19.4 Å². The number of phenols is 1. The van der Waals surface area contributed by atoms with E-state index in [1.807, 2.05) is 0 Å². The molecular formula is C30H41NO3. The van der Waals surface area contributed by atoms with E-state index < -0.39 is 0 Å². The highest BCUT2D eigenvalue weighted by Gasteiger charge is 2.09. The molecule has 1 amide bonds. The van der Waals surface area contributed by atoms with Gasteiger partial charge >= 0.3 is 0 Å². The second-order valence-corrected chi connectivity index (χ2v) is 8.02. The van der Waals surface area contributed by atoms with Gasteiger partial charge in [0.2, 0.25) is 0 Å². The first-order chi connectivity index (χ1) is 16.6. The van der Waals surface area contributed by atoms with E-state index in [0.717, 1.165) is 44.9 Å². The summed E-state index contributed by atoms with van der Waals surface area (Å²) < 4.78 is 0. The standard InChI is InChI=1S/C30H41NO3/c1-2-3-4-5-6-7-8-9-10-11-12-13-14-15-16-17-18-22-27(32)23-21-26-31-30(34)28-24-19-20-25-29(28)33/h3-4,6-7,9-10,12-13,15-16,19-20,24-25,33H,2,5,8,11,14,17-18,21-23,26H2,1H3,(H,31,34)/b4-3-,7-6-,10-9-,13-12-,16-15-. The van der Waals surface area contributed by atoms with Crippen LogP contribution in [-0.4, -0.2) is 23.3 Å². The lowest BCUT2D eigenvalue weighted by Gasteiger charge is -2.06. The number of phenolic OH excluding ortho intramolecular Hbond substituents is 1. The van der Waals surface area contributed by atoms with Crippen LogP contribution in [0.3, 0.4) is 0 Å². The number of unbranched alkanes of at least 4 members (excludes halogenated alkanes) is 1. The summed E-state index contributed by atoms with van der Waals surface area (Å²) in [4.78, 5) is 24.0. The first kappa shape index (κ1) is 28.9. The van der Waals surface area contributed by atoms with E-state index in [0.29, 0.717) is 25.8 Å². The highest BCUT2D eigenvalue weighted by Crippen LogP contribution is 2.15. The fourth-order valence-electron chi connectivity index (χ4n) is 3.16. The van der Waals surface area contributed by atoms with Gasteiger partial charge in [-0.15, -0.1) is 0 Å². The number of amides is 1. The summed E-state index contributed by atoms with van der Waals surface area (Å²) in [5.74, 6) is -0.126.